The van der Waals surface area contributed by atoms with Crippen LogP contribution in [-0.4, -0.2) is 19.3 Å². The maximum absolute atomic E-state index is 5.37. The van der Waals surface area contributed by atoms with Gasteiger partial charge in [0.05, 0.1) is 6.10 Å². The molecule has 2 atom stereocenters. The van der Waals surface area contributed by atoms with Crippen molar-refractivity contribution in [2.45, 2.75) is 39.3 Å². The molecule has 3 heteroatoms. The lowest BCUT2D eigenvalue weighted by atomic mass is 9.98. The Morgan fingerprint density at radius 2 is 2.00 bits per heavy atom. The van der Waals surface area contributed by atoms with Crippen molar-refractivity contribution in [3.8, 4) is 0 Å². The first-order valence-electron chi connectivity index (χ1n) is 4.16. The number of hydrazine groups is 1. The van der Waals surface area contributed by atoms with Crippen LogP contribution in [0.25, 0.3) is 0 Å². The van der Waals surface area contributed by atoms with Crippen LogP contribution >= 0.6 is 0 Å². The van der Waals surface area contributed by atoms with Crippen LogP contribution in [0.4, 0.5) is 0 Å². The van der Waals surface area contributed by atoms with E-state index in [4.69, 9.17) is 10.6 Å². The Labute approximate surface area is 69.3 Å². The maximum Gasteiger partial charge on any atom is 0.0760 e. The third kappa shape index (κ3) is 3.18. The lowest BCUT2D eigenvalue weighted by molar-refractivity contribution is 0.0321. The molecule has 0 amide bonds. The van der Waals surface area contributed by atoms with E-state index in [0.717, 1.165) is 6.42 Å². The second-order valence-corrected chi connectivity index (χ2v) is 3.13. The van der Waals surface area contributed by atoms with Crippen molar-refractivity contribution in [1.82, 2.24) is 5.43 Å². The highest BCUT2D eigenvalue weighted by atomic mass is 16.5. The van der Waals surface area contributed by atoms with Gasteiger partial charge in [-0.25, -0.2) is 0 Å². The molecule has 0 aromatic heterocycles. The van der Waals surface area contributed by atoms with Gasteiger partial charge in [-0.1, -0.05) is 20.8 Å². The van der Waals surface area contributed by atoms with Gasteiger partial charge < -0.3 is 4.74 Å². The lowest BCUT2D eigenvalue weighted by Gasteiger charge is -2.27. The molecule has 0 fully saturated rings. The van der Waals surface area contributed by atoms with Gasteiger partial charge in [-0.2, -0.15) is 0 Å². The number of rotatable bonds is 5. The van der Waals surface area contributed by atoms with Gasteiger partial charge in [-0.15, -0.1) is 0 Å². The van der Waals surface area contributed by atoms with Crippen molar-refractivity contribution < 1.29 is 4.74 Å². The molecule has 0 bridgehead atoms. The van der Waals surface area contributed by atoms with E-state index in [9.17, 15) is 0 Å². The molecule has 0 aliphatic heterocycles. The zero-order valence-electron chi connectivity index (χ0n) is 7.92. The molecule has 0 saturated carbocycles. The third-order valence-electron chi connectivity index (χ3n) is 1.98. The average Bonchev–Trinajstić information content (AvgIpc) is 1.99. The predicted octanol–water partition coefficient (Wildman–Crippen LogP) is 0.899. The van der Waals surface area contributed by atoms with Crippen molar-refractivity contribution in [3.63, 3.8) is 0 Å². The molecule has 3 N–H and O–H groups in total. The van der Waals surface area contributed by atoms with Gasteiger partial charge in [0.2, 0.25) is 0 Å². The van der Waals surface area contributed by atoms with Gasteiger partial charge in [0.15, 0.2) is 0 Å². The van der Waals surface area contributed by atoms with Crippen LogP contribution in [0.3, 0.4) is 0 Å². The van der Waals surface area contributed by atoms with Crippen LogP contribution in [0, 0.1) is 5.92 Å². The Morgan fingerprint density at radius 3 is 2.09 bits per heavy atom. The fourth-order valence-corrected chi connectivity index (χ4v) is 1.35. The zero-order valence-corrected chi connectivity index (χ0v) is 7.92. The molecule has 0 aliphatic rings. The molecule has 0 rings (SSSR count). The second kappa shape index (κ2) is 5.52. The second-order valence-electron chi connectivity index (χ2n) is 3.13. The largest absolute Gasteiger partial charge is 0.380 e. The van der Waals surface area contributed by atoms with Crippen LogP contribution in [-0.2, 0) is 4.74 Å². The first-order valence-corrected chi connectivity index (χ1v) is 4.16. The molecule has 0 radical (unpaired) electrons. The zero-order chi connectivity index (χ0) is 8.85. The third-order valence-corrected chi connectivity index (χ3v) is 1.98. The van der Waals surface area contributed by atoms with Crippen LogP contribution in [0.15, 0.2) is 0 Å². The molecule has 0 spiro atoms. The fraction of sp³-hybridized carbons (Fsp3) is 1.00. The van der Waals surface area contributed by atoms with E-state index >= 15 is 0 Å². The lowest BCUT2D eigenvalue weighted by Crippen LogP contribution is -2.46. The summed E-state index contributed by atoms with van der Waals surface area (Å²) in [5, 5.41) is 0. The van der Waals surface area contributed by atoms with E-state index in [0.29, 0.717) is 5.92 Å². The molecular weight excluding hydrogens is 140 g/mol. The highest BCUT2D eigenvalue weighted by Crippen LogP contribution is 2.11. The molecule has 0 aromatic carbocycles. The van der Waals surface area contributed by atoms with Crippen LogP contribution < -0.4 is 11.3 Å². The molecule has 11 heavy (non-hydrogen) atoms. The van der Waals surface area contributed by atoms with E-state index in [-0.39, 0.29) is 12.1 Å². The highest BCUT2D eigenvalue weighted by molar-refractivity contribution is 4.75. The quantitative estimate of drug-likeness (QED) is 0.464. The van der Waals surface area contributed by atoms with Gasteiger partial charge in [0.1, 0.15) is 0 Å². The van der Waals surface area contributed by atoms with E-state index < -0.39 is 0 Å². The van der Waals surface area contributed by atoms with E-state index in [1.807, 2.05) is 0 Å². The maximum atomic E-state index is 5.37. The normalized spacial score (nSPS) is 16.9. The minimum atomic E-state index is 0.213. The number of hydrogen-bond acceptors (Lipinski definition) is 3. The summed E-state index contributed by atoms with van der Waals surface area (Å²) in [6.45, 7) is 6.36. The molecule has 0 heterocycles. The summed E-state index contributed by atoms with van der Waals surface area (Å²) in [5.74, 6) is 5.87. The first kappa shape index (κ1) is 10.9. The summed E-state index contributed by atoms with van der Waals surface area (Å²) < 4.78 is 5.31. The highest BCUT2D eigenvalue weighted by Gasteiger charge is 2.21. The van der Waals surface area contributed by atoms with Crippen molar-refractivity contribution in [1.29, 1.82) is 0 Å². The summed E-state index contributed by atoms with van der Waals surface area (Å²) in [6.07, 6.45) is 1.21. The van der Waals surface area contributed by atoms with Crippen LogP contribution in [0.5, 0.6) is 0 Å². The van der Waals surface area contributed by atoms with Gasteiger partial charge in [-0.05, 0) is 12.3 Å². The fourth-order valence-electron chi connectivity index (χ4n) is 1.35. The standard InChI is InChI=1S/C8H20N2O/c1-5-7(10-9)8(11-4)6(2)3/h6-8,10H,5,9H2,1-4H3. The summed E-state index contributed by atoms with van der Waals surface area (Å²) >= 11 is 0. The number of nitrogens with two attached hydrogens (primary N) is 1. The SMILES string of the molecule is CCC(NN)C(OC)C(C)C. The molecule has 0 aliphatic carbocycles. The van der Waals surface area contributed by atoms with Gasteiger partial charge in [0.25, 0.3) is 0 Å². The predicted molar refractivity (Wildman–Crippen MR) is 47.0 cm³/mol. The number of nitrogens with one attached hydrogen (secondary N) is 1. The van der Waals surface area contributed by atoms with Crippen LogP contribution in [0.1, 0.15) is 27.2 Å². The Hall–Kier alpha value is -0.120. The van der Waals surface area contributed by atoms with Gasteiger partial charge in [0, 0.05) is 13.2 Å². The van der Waals surface area contributed by atoms with E-state index in [2.05, 4.69) is 26.2 Å². The summed E-state index contributed by atoms with van der Waals surface area (Å²) in [7, 11) is 1.73. The van der Waals surface area contributed by atoms with Crippen LogP contribution in [0.2, 0.25) is 0 Å². The molecule has 3 nitrogen and oxygen atoms in total. The van der Waals surface area contributed by atoms with Gasteiger partial charge >= 0.3 is 0 Å². The Kier molecular flexibility index (Phi) is 5.46. The molecular formula is C8H20N2O. The number of hydrogen-bond donors (Lipinski definition) is 2. The summed E-state index contributed by atoms with van der Waals surface area (Å²) in [4.78, 5) is 0. The summed E-state index contributed by atoms with van der Waals surface area (Å²) in [5.41, 5.74) is 2.76. The first-order chi connectivity index (χ1) is 5.17. The summed E-state index contributed by atoms with van der Waals surface area (Å²) in [6, 6.07) is 0.264. The molecule has 0 saturated heterocycles. The average molecular weight is 160 g/mol. The van der Waals surface area contributed by atoms with E-state index in [1.165, 1.54) is 0 Å². The van der Waals surface area contributed by atoms with Crippen molar-refractivity contribution in [2.24, 2.45) is 11.8 Å². The monoisotopic (exact) mass is 160 g/mol. The minimum absolute atomic E-state index is 0.213. The number of methoxy groups -OCH3 is 1. The smallest absolute Gasteiger partial charge is 0.0760 e. The van der Waals surface area contributed by atoms with Crippen molar-refractivity contribution in [2.75, 3.05) is 7.11 Å². The topological polar surface area (TPSA) is 47.3 Å². The van der Waals surface area contributed by atoms with Crippen molar-refractivity contribution >= 4 is 0 Å². The Morgan fingerprint density at radius 1 is 1.45 bits per heavy atom. The number of ether oxygens (including phenoxy) is 1. The molecule has 0 aromatic rings. The molecule has 2 unspecified atom stereocenters. The molecule has 68 valence electrons. The van der Waals surface area contributed by atoms with Gasteiger partial charge in [-0.3, -0.25) is 11.3 Å². The Balaban J connectivity index is 3.98. The van der Waals surface area contributed by atoms with Crippen molar-refractivity contribution in [3.05, 3.63) is 0 Å². The minimum Gasteiger partial charge on any atom is -0.380 e. The van der Waals surface area contributed by atoms with E-state index in [1.54, 1.807) is 7.11 Å². The Bertz CT molecular complexity index is 92.1.